The second-order valence-corrected chi connectivity index (χ2v) is 7.77. The molecule has 1 fully saturated rings. The summed E-state index contributed by atoms with van der Waals surface area (Å²) >= 11 is 0. The number of aryl methyl sites for hydroxylation is 1. The molecule has 3 aromatic rings. The lowest BCUT2D eigenvalue weighted by Crippen LogP contribution is -2.50. The molecule has 31 heavy (non-hydrogen) atoms. The van der Waals surface area contributed by atoms with Gasteiger partial charge in [-0.3, -0.25) is 4.79 Å². The molecular formula is C24H27N3O4. The van der Waals surface area contributed by atoms with E-state index in [9.17, 15) is 9.59 Å². The third kappa shape index (κ3) is 4.50. The highest BCUT2D eigenvalue weighted by atomic mass is 16.5. The lowest BCUT2D eigenvalue weighted by Gasteiger charge is -2.35. The molecule has 1 saturated heterocycles. The topological polar surface area (TPSA) is 83.8 Å². The number of urea groups is 1. The monoisotopic (exact) mass is 421 g/mol. The Bertz CT molecular complexity index is 1080. The summed E-state index contributed by atoms with van der Waals surface area (Å²) in [5.41, 5.74) is 2.19. The van der Waals surface area contributed by atoms with Crippen molar-refractivity contribution in [2.24, 2.45) is 0 Å². The molecule has 1 atom stereocenters. The molecule has 1 unspecified atom stereocenters. The summed E-state index contributed by atoms with van der Waals surface area (Å²) < 4.78 is 11.2. The average molecular weight is 421 g/mol. The number of ether oxygens (including phenoxy) is 1. The minimum Gasteiger partial charge on any atom is -0.497 e. The Morgan fingerprint density at radius 2 is 1.97 bits per heavy atom. The van der Waals surface area contributed by atoms with Gasteiger partial charge in [0.05, 0.1) is 7.11 Å². The number of anilines is 1. The van der Waals surface area contributed by atoms with E-state index in [0.29, 0.717) is 24.4 Å². The number of fused-ring (bicyclic) bond motifs is 1. The Balaban J connectivity index is 1.47. The Kier molecular flexibility index (Phi) is 6.11. The first-order chi connectivity index (χ1) is 15.1. The van der Waals surface area contributed by atoms with Gasteiger partial charge in [-0.1, -0.05) is 18.2 Å². The van der Waals surface area contributed by atoms with Crippen LogP contribution in [0.3, 0.4) is 0 Å². The van der Waals surface area contributed by atoms with Gasteiger partial charge in [-0.15, -0.1) is 0 Å². The Morgan fingerprint density at radius 1 is 1.16 bits per heavy atom. The summed E-state index contributed by atoms with van der Waals surface area (Å²) in [6, 6.07) is 14.4. The van der Waals surface area contributed by atoms with Crippen molar-refractivity contribution in [3.8, 4) is 5.75 Å². The number of nitrogens with one attached hydrogen (secondary N) is 2. The van der Waals surface area contributed by atoms with Crippen LogP contribution in [0, 0.1) is 6.92 Å². The van der Waals surface area contributed by atoms with Crippen LogP contribution in [-0.2, 0) is 0 Å². The Hall–Kier alpha value is -3.48. The quantitative estimate of drug-likeness (QED) is 0.632. The van der Waals surface area contributed by atoms with Crippen molar-refractivity contribution in [1.29, 1.82) is 0 Å². The van der Waals surface area contributed by atoms with Crippen molar-refractivity contribution < 1.29 is 18.7 Å². The normalized spacial score (nSPS) is 16.2. The van der Waals surface area contributed by atoms with Gasteiger partial charge in [-0.25, -0.2) is 4.79 Å². The highest BCUT2D eigenvalue weighted by Crippen LogP contribution is 2.30. The van der Waals surface area contributed by atoms with Gasteiger partial charge in [0.15, 0.2) is 5.76 Å². The lowest BCUT2D eigenvalue weighted by atomic mass is 10.0. The fraction of sp³-hybridized carbons (Fsp3) is 0.333. The van der Waals surface area contributed by atoms with E-state index < -0.39 is 0 Å². The van der Waals surface area contributed by atoms with Crippen molar-refractivity contribution >= 4 is 28.6 Å². The number of amides is 3. The van der Waals surface area contributed by atoms with E-state index in [-0.39, 0.29) is 18.0 Å². The highest BCUT2D eigenvalue weighted by Gasteiger charge is 2.31. The number of hydrogen-bond acceptors (Lipinski definition) is 4. The average Bonchev–Trinajstić information content (AvgIpc) is 3.14. The first-order valence-corrected chi connectivity index (χ1v) is 10.5. The molecule has 0 radical (unpaired) electrons. The van der Waals surface area contributed by atoms with Crippen LogP contribution >= 0.6 is 0 Å². The number of para-hydroxylation sites is 1. The van der Waals surface area contributed by atoms with Crippen molar-refractivity contribution in [1.82, 2.24) is 10.2 Å². The Labute approximate surface area is 181 Å². The molecule has 1 aliphatic rings. The number of methoxy groups -OCH3 is 1. The standard InChI is InChI=1S/C24H27N3O4/c1-16-20-14-19(30-2)11-12-21(20)31-22(16)23(28)27-13-7-6-10-18(27)15-25-24(29)26-17-8-4-3-5-9-17/h3-5,8-9,11-12,14,18H,6-7,10,13,15H2,1-2H3,(H2,25,26,29). The first-order valence-electron chi connectivity index (χ1n) is 10.5. The highest BCUT2D eigenvalue weighted by molar-refractivity contribution is 5.99. The van der Waals surface area contributed by atoms with Crippen LogP contribution in [0.2, 0.25) is 0 Å². The van der Waals surface area contributed by atoms with Crippen LogP contribution in [0.1, 0.15) is 35.4 Å². The van der Waals surface area contributed by atoms with Crippen LogP contribution in [0.15, 0.2) is 52.9 Å². The number of hydrogen-bond donors (Lipinski definition) is 2. The Morgan fingerprint density at radius 3 is 2.74 bits per heavy atom. The number of likely N-dealkylation sites (tertiary alicyclic amines) is 1. The van der Waals surface area contributed by atoms with E-state index >= 15 is 0 Å². The number of rotatable bonds is 5. The van der Waals surface area contributed by atoms with Crippen molar-refractivity contribution in [3.63, 3.8) is 0 Å². The molecule has 3 amide bonds. The smallest absolute Gasteiger partial charge is 0.319 e. The van der Waals surface area contributed by atoms with Gasteiger partial charge >= 0.3 is 6.03 Å². The van der Waals surface area contributed by atoms with E-state index in [1.165, 1.54) is 0 Å². The SMILES string of the molecule is COc1ccc2oc(C(=O)N3CCCCC3CNC(=O)Nc3ccccc3)c(C)c2c1. The van der Waals surface area contributed by atoms with E-state index in [1.54, 1.807) is 7.11 Å². The summed E-state index contributed by atoms with van der Waals surface area (Å²) in [5.74, 6) is 0.936. The summed E-state index contributed by atoms with van der Waals surface area (Å²) in [4.78, 5) is 27.5. The maximum absolute atomic E-state index is 13.4. The molecule has 0 bridgehead atoms. The zero-order valence-electron chi connectivity index (χ0n) is 17.8. The van der Waals surface area contributed by atoms with Gasteiger partial charge < -0.3 is 24.7 Å². The van der Waals surface area contributed by atoms with Crippen molar-refractivity contribution in [2.75, 3.05) is 25.5 Å². The predicted molar refractivity (Wildman–Crippen MR) is 120 cm³/mol. The molecule has 2 aromatic carbocycles. The third-order valence-electron chi connectivity index (χ3n) is 5.76. The van der Waals surface area contributed by atoms with Gasteiger partial charge in [0.25, 0.3) is 5.91 Å². The minimum atomic E-state index is -0.281. The van der Waals surface area contributed by atoms with Gasteiger partial charge in [0, 0.05) is 35.8 Å². The van der Waals surface area contributed by atoms with E-state index in [2.05, 4.69) is 10.6 Å². The molecule has 0 saturated carbocycles. The minimum absolute atomic E-state index is 0.0788. The molecule has 162 valence electrons. The van der Waals surface area contributed by atoms with Gasteiger partial charge in [-0.05, 0) is 56.5 Å². The molecule has 7 heteroatoms. The second kappa shape index (κ2) is 9.12. The third-order valence-corrected chi connectivity index (χ3v) is 5.76. The second-order valence-electron chi connectivity index (χ2n) is 7.77. The van der Waals surface area contributed by atoms with Crippen LogP contribution in [-0.4, -0.2) is 43.1 Å². The molecule has 0 spiro atoms. The zero-order chi connectivity index (χ0) is 21.8. The van der Waals surface area contributed by atoms with E-state index in [0.717, 1.165) is 41.6 Å². The maximum Gasteiger partial charge on any atom is 0.319 e. The van der Waals surface area contributed by atoms with Gasteiger partial charge in [0.2, 0.25) is 0 Å². The van der Waals surface area contributed by atoms with Crippen LogP contribution < -0.4 is 15.4 Å². The summed E-state index contributed by atoms with van der Waals surface area (Å²) in [5, 5.41) is 6.59. The zero-order valence-corrected chi connectivity index (χ0v) is 17.8. The number of furan rings is 1. The predicted octanol–water partition coefficient (Wildman–Crippen LogP) is 4.57. The molecule has 7 nitrogen and oxygen atoms in total. The van der Waals surface area contributed by atoms with Gasteiger partial charge in [0.1, 0.15) is 11.3 Å². The molecule has 2 N–H and O–H groups in total. The fourth-order valence-corrected chi connectivity index (χ4v) is 4.05. The van der Waals surface area contributed by atoms with Crippen LogP contribution in [0.4, 0.5) is 10.5 Å². The lowest BCUT2D eigenvalue weighted by molar-refractivity contribution is 0.0584. The van der Waals surface area contributed by atoms with Gasteiger partial charge in [-0.2, -0.15) is 0 Å². The summed E-state index contributed by atoms with van der Waals surface area (Å²) in [6.45, 7) is 2.92. The number of carbonyl (C=O) groups excluding carboxylic acids is 2. The molecule has 1 aliphatic heterocycles. The number of piperidine rings is 1. The number of benzene rings is 2. The maximum atomic E-state index is 13.4. The molecular weight excluding hydrogens is 394 g/mol. The molecule has 1 aromatic heterocycles. The molecule has 4 rings (SSSR count). The van der Waals surface area contributed by atoms with E-state index in [4.69, 9.17) is 9.15 Å². The fourth-order valence-electron chi connectivity index (χ4n) is 4.05. The number of nitrogens with zero attached hydrogens (tertiary/aromatic N) is 1. The first kappa shape index (κ1) is 20.8. The molecule has 2 heterocycles. The number of carbonyl (C=O) groups is 2. The van der Waals surface area contributed by atoms with Crippen molar-refractivity contribution in [2.45, 2.75) is 32.2 Å². The van der Waals surface area contributed by atoms with Crippen LogP contribution in [0.5, 0.6) is 5.75 Å². The van der Waals surface area contributed by atoms with Crippen molar-refractivity contribution in [3.05, 3.63) is 59.9 Å². The van der Waals surface area contributed by atoms with E-state index in [1.807, 2.05) is 60.4 Å². The molecule has 0 aliphatic carbocycles. The summed E-state index contributed by atoms with van der Waals surface area (Å²) in [7, 11) is 1.61. The summed E-state index contributed by atoms with van der Waals surface area (Å²) in [6.07, 6.45) is 2.79. The van der Waals surface area contributed by atoms with Crippen LogP contribution in [0.25, 0.3) is 11.0 Å². The largest absolute Gasteiger partial charge is 0.497 e.